The normalized spacial score (nSPS) is 9.19. The third-order valence-corrected chi connectivity index (χ3v) is 3.85. The van der Waals surface area contributed by atoms with Crippen molar-refractivity contribution in [3.63, 3.8) is 0 Å². The third kappa shape index (κ3) is 8.69. The zero-order chi connectivity index (χ0) is 18.2. The molecule has 0 unspecified atom stereocenters. The van der Waals surface area contributed by atoms with Crippen LogP contribution < -0.4 is 0 Å². The van der Waals surface area contributed by atoms with Crippen molar-refractivity contribution in [2.45, 2.75) is 20.3 Å². The van der Waals surface area contributed by atoms with Gasteiger partial charge in [-0.15, -0.1) is 81.2 Å². The second kappa shape index (κ2) is 13.2. The monoisotopic (exact) mass is 476 g/mol. The Kier molecular flexibility index (Phi) is 12.7. The van der Waals surface area contributed by atoms with Gasteiger partial charge >= 0.3 is 40.1 Å². The SMILES string of the molecule is CCc1cc2ccccc2[cH-]1.Cc1cc2ccccc2[cH-]1.[CH2]=[Zr]([Cl])[Cl].[CH3-].[CH3-]. The van der Waals surface area contributed by atoms with Gasteiger partial charge in [0, 0.05) is 0 Å². The predicted molar refractivity (Wildman–Crippen MR) is 125 cm³/mol. The largest absolute Gasteiger partial charge is 0.358 e. The van der Waals surface area contributed by atoms with Crippen molar-refractivity contribution >= 4 is 42.8 Å². The van der Waals surface area contributed by atoms with E-state index in [0.717, 1.165) is 6.42 Å². The maximum atomic E-state index is 5.13. The Morgan fingerprint density at radius 1 is 0.852 bits per heavy atom. The number of hydrogen-bond acceptors (Lipinski definition) is 0. The molecule has 0 bridgehead atoms. The summed E-state index contributed by atoms with van der Waals surface area (Å²) in [5, 5.41) is 5.42. The van der Waals surface area contributed by atoms with Crippen LogP contribution >= 0.6 is 17.0 Å². The molecule has 0 aromatic heterocycles. The van der Waals surface area contributed by atoms with Crippen LogP contribution in [-0.2, 0) is 25.3 Å². The van der Waals surface area contributed by atoms with E-state index in [1.165, 1.54) is 32.7 Å². The molecule has 27 heavy (non-hydrogen) atoms. The van der Waals surface area contributed by atoms with Crippen LogP contribution in [0.25, 0.3) is 21.5 Å². The molecule has 4 rings (SSSR count). The molecule has 0 aliphatic rings. The number of rotatable bonds is 1. The smallest absolute Gasteiger partial charge is 0.358 e. The number of benzene rings is 2. The van der Waals surface area contributed by atoms with Crippen molar-refractivity contribution in [3.8, 4) is 0 Å². The molecule has 0 saturated carbocycles. The first-order valence-electron chi connectivity index (χ1n) is 8.26. The molecule has 0 amide bonds. The zero-order valence-corrected chi connectivity index (χ0v) is 20.6. The van der Waals surface area contributed by atoms with Crippen molar-refractivity contribution in [2.75, 3.05) is 0 Å². The first kappa shape index (κ1) is 26.0. The van der Waals surface area contributed by atoms with Crippen LogP contribution in [0.3, 0.4) is 0 Å². The Balaban J connectivity index is 0.000000397. The van der Waals surface area contributed by atoms with E-state index in [9.17, 15) is 0 Å². The van der Waals surface area contributed by atoms with Gasteiger partial charge in [-0.25, -0.2) is 0 Å². The van der Waals surface area contributed by atoms with E-state index < -0.39 is 18.9 Å². The summed E-state index contributed by atoms with van der Waals surface area (Å²) in [7, 11) is 10.3. The first-order chi connectivity index (χ1) is 12.0. The van der Waals surface area contributed by atoms with Crippen molar-refractivity contribution < 1.29 is 18.9 Å². The van der Waals surface area contributed by atoms with Crippen molar-refractivity contribution in [1.82, 2.24) is 0 Å². The van der Waals surface area contributed by atoms with Gasteiger partial charge in [-0.3, -0.25) is 0 Å². The predicted octanol–water partition coefficient (Wildman–Crippen LogP) is 8.23. The molecule has 0 aliphatic heterocycles. The van der Waals surface area contributed by atoms with Crippen LogP contribution in [0, 0.1) is 21.8 Å². The standard InChI is InChI=1S/C11H11.C10H9.2CH3.CH2.2ClH.Zr/c1-2-9-7-10-5-3-4-6-11(10)8-9;1-8-6-9-4-2-3-5-10(9)7-8;;;;;;/h3-8H,2H2,1H3;2-7H,1H3;2*1H3;1H2;2*1H;/q4*-1;;;;+2/p-2. The zero-order valence-electron chi connectivity index (χ0n) is 16.6. The Morgan fingerprint density at radius 3 is 1.74 bits per heavy atom. The van der Waals surface area contributed by atoms with Gasteiger partial charge in [0.2, 0.25) is 0 Å². The summed E-state index contributed by atoms with van der Waals surface area (Å²) in [6.07, 6.45) is 1.13. The number of aryl methyl sites for hydroxylation is 2. The number of hydrogen-bond donors (Lipinski definition) is 0. The average Bonchev–Trinajstić information content (AvgIpc) is 3.16. The van der Waals surface area contributed by atoms with E-state index >= 15 is 0 Å². The average molecular weight is 479 g/mol. The Bertz CT molecular complexity index is 877. The fourth-order valence-corrected chi connectivity index (χ4v) is 2.73. The number of halogens is 2. The van der Waals surface area contributed by atoms with Gasteiger partial charge in [0.05, 0.1) is 0 Å². The van der Waals surface area contributed by atoms with Crippen LogP contribution in [0.1, 0.15) is 18.1 Å². The van der Waals surface area contributed by atoms with E-state index in [-0.39, 0.29) is 14.9 Å². The molecule has 0 spiro atoms. The van der Waals surface area contributed by atoms with E-state index in [1.807, 2.05) is 0 Å². The molecule has 4 aromatic rings. The molecule has 0 N–H and O–H groups in total. The van der Waals surface area contributed by atoms with Crippen molar-refractivity contribution in [3.05, 3.63) is 98.8 Å². The molecule has 0 nitrogen and oxygen atoms in total. The molecule has 146 valence electrons. The molecule has 0 saturated heterocycles. The maximum absolute atomic E-state index is 5.13. The van der Waals surface area contributed by atoms with Gasteiger partial charge in [-0.05, 0) is 6.42 Å². The van der Waals surface area contributed by atoms with Crippen LogP contribution in [0.2, 0.25) is 0 Å². The summed E-state index contributed by atoms with van der Waals surface area (Å²) < 4.78 is 3.37. The Hall–Kier alpha value is -1.01. The second-order valence-corrected chi connectivity index (χ2v) is 14.1. The second-order valence-electron chi connectivity index (χ2n) is 5.85. The van der Waals surface area contributed by atoms with Crippen molar-refractivity contribution in [1.29, 1.82) is 0 Å². The molecule has 0 fully saturated rings. The Labute approximate surface area is 179 Å². The quantitative estimate of drug-likeness (QED) is 0.242. The number of fused-ring (bicyclic) bond motifs is 2. The first-order valence-corrected chi connectivity index (χ1v) is 16.3. The van der Waals surface area contributed by atoms with Gasteiger partial charge in [0.25, 0.3) is 0 Å². The topological polar surface area (TPSA) is 0 Å². The fourth-order valence-electron chi connectivity index (χ4n) is 2.73. The minimum atomic E-state index is -1.85. The Morgan fingerprint density at radius 2 is 1.30 bits per heavy atom. The minimum absolute atomic E-state index is 0. The van der Waals surface area contributed by atoms with E-state index in [1.54, 1.807) is 0 Å². The van der Waals surface area contributed by atoms with Gasteiger partial charge in [-0.1, -0.05) is 26.0 Å². The third-order valence-electron chi connectivity index (χ3n) is 3.85. The summed E-state index contributed by atoms with van der Waals surface area (Å²) >= 11 is -1.85. The molecule has 0 atom stereocenters. The summed E-state index contributed by atoms with van der Waals surface area (Å²) in [5.41, 5.74) is 2.78. The van der Waals surface area contributed by atoms with Gasteiger partial charge in [-0.2, -0.15) is 12.1 Å². The molecule has 0 radical (unpaired) electrons. The van der Waals surface area contributed by atoms with Gasteiger partial charge < -0.3 is 14.9 Å². The summed E-state index contributed by atoms with van der Waals surface area (Å²) in [4.78, 5) is 0. The van der Waals surface area contributed by atoms with Crippen LogP contribution in [-0.4, -0.2) is 4.21 Å². The minimum Gasteiger partial charge on any atom is -0.358 e. The molecule has 4 aromatic carbocycles. The van der Waals surface area contributed by atoms with Crippen LogP contribution in [0.5, 0.6) is 0 Å². The summed E-state index contributed by atoms with van der Waals surface area (Å²) in [5.74, 6) is 0. The van der Waals surface area contributed by atoms with E-state index in [4.69, 9.17) is 17.0 Å². The van der Waals surface area contributed by atoms with E-state index in [2.05, 4.69) is 90.9 Å². The molecular weight excluding hydrogens is 450 g/mol. The van der Waals surface area contributed by atoms with Crippen LogP contribution in [0.4, 0.5) is 0 Å². The molecular formula is C24H28Cl2Zr-4. The van der Waals surface area contributed by atoms with E-state index in [0.29, 0.717) is 0 Å². The fraction of sp³-hybridized carbons (Fsp3) is 0.125. The molecule has 0 aliphatic carbocycles. The summed E-state index contributed by atoms with van der Waals surface area (Å²) in [6.45, 7) is 4.31. The van der Waals surface area contributed by atoms with Gasteiger partial charge in [0.1, 0.15) is 0 Å². The molecule has 3 heteroatoms. The maximum Gasteiger partial charge on any atom is -0.358 e. The van der Waals surface area contributed by atoms with Crippen LogP contribution in [0.15, 0.2) is 72.8 Å². The van der Waals surface area contributed by atoms with Crippen molar-refractivity contribution in [2.24, 2.45) is 0 Å². The molecule has 0 heterocycles. The summed E-state index contributed by atoms with van der Waals surface area (Å²) in [6, 6.07) is 25.8. The van der Waals surface area contributed by atoms with Gasteiger partial charge in [0.15, 0.2) is 0 Å².